The Hall–Kier alpha value is -0.790. The first-order valence-electron chi connectivity index (χ1n) is 6.54. The average Bonchev–Trinajstić information content (AvgIpc) is 2.25. The van der Waals surface area contributed by atoms with Gasteiger partial charge in [0.05, 0.1) is 0 Å². The molecule has 1 amide bonds. The summed E-state index contributed by atoms with van der Waals surface area (Å²) in [6.07, 6.45) is 5.43. The van der Waals surface area contributed by atoms with Crippen LogP contribution in [-0.4, -0.2) is 23.9 Å². The van der Waals surface area contributed by atoms with Gasteiger partial charge in [0.15, 0.2) is 0 Å². The van der Waals surface area contributed by atoms with Gasteiger partial charge in [-0.05, 0) is 42.6 Å². The van der Waals surface area contributed by atoms with E-state index in [2.05, 4.69) is 20.4 Å². The number of fused-ring (bicyclic) bond motifs is 2. The molecule has 1 aliphatic carbocycles. The van der Waals surface area contributed by atoms with E-state index in [-0.39, 0.29) is 5.91 Å². The number of hydrogen-bond donors (Lipinski definition) is 0. The quantitative estimate of drug-likeness (QED) is 0.657. The van der Waals surface area contributed by atoms with Crippen LogP contribution in [0.3, 0.4) is 0 Å². The summed E-state index contributed by atoms with van der Waals surface area (Å²) in [7, 11) is 0. The van der Waals surface area contributed by atoms with Gasteiger partial charge in [-0.25, -0.2) is 0 Å². The van der Waals surface area contributed by atoms with Gasteiger partial charge in [0.25, 0.3) is 0 Å². The molecule has 2 atom stereocenters. The van der Waals surface area contributed by atoms with E-state index in [1.807, 2.05) is 4.90 Å². The number of nitrogens with zero attached hydrogens (tertiary/aromatic N) is 1. The number of rotatable bonds is 2. The smallest absolute Gasteiger partial charge is 0.245 e. The van der Waals surface area contributed by atoms with Crippen LogP contribution >= 0.6 is 0 Å². The molecule has 0 radical (unpaired) electrons. The fraction of sp³-hybridized carbons (Fsp3) is 0.786. The van der Waals surface area contributed by atoms with Crippen LogP contribution in [0.1, 0.15) is 33.1 Å². The fourth-order valence-electron chi connectivity index (χ4n) is 3.88. The Morgan fingerprint density at radius 1 is 1.31 bits per heavy atom. The summed E-state index contributed by atoms with van der Waals surface area (Å²) in [5, 5.41) is 0. The predicted octanol–water partition coefficient (Wildman–Crippen LogP) is 2.70. The Morgan fingerprint density at radius 3 is 2.31 bits per heavy atom. The highest BCUT2D eigenvalue weighted by molar-refractivity contribution is 5.87. The van der Waals surface area contributed by atoms with Gasteiger partial charge in [-0.1, -0.05) is 26.8 Å². The lowest BCUT2D eigenvalue weighted by atomic mass is 9.64. The summed E-state index contributed by atoms with van der Waals surface area (Å²) >= 11 is 0. The predicted molar refractivity (Wildman–Crippen MR) is 65.9 cm³/mol. The molecule has 2 rings (SSSR count). The topological polar surface area (TPSA) is 20.3 Å². The maximum Gasteiger partial charge on any atom is 0.245 e. The molecule has 1 saturated heterocycles. The second-order valence-corrected chi connectivity index (χ2v) is 5.72. The molecule has 1 heterocycles. The molecular formula is C14H23NO. The van der Waals surface area contributed by atoms with Crippen molar-refractivity contribution in [3.05, 3.63) is 12.7 Å². The average molecular weight is 221 g/mol. The van der Waals surface area contributed by atoms with Crippen LogP contribution in [0.2, 0.25) is 0 Å². The molecule has 2 unspecified atom stereocenters. The Morgan fingerprint density at radius 2 is 1.88 bits per heavy atom. The highest BCUT2D eigenvalue weighted by Crippen LogP contribution is 2.43. The normalized spacial score (nSPS) is 33.9. The lowest BCUT2D eigenvalue weighted by molar-refractivity contribution is -0.132. The van der Waals surface area contributed by atoms with Crippen LogP contribution in [0, 0.1) is 23.7 Å². The molecule has 0 aromatic rings. The Labute approximate surface area is 98.7 Å². The van der Waals surface area contributed by atoms with Crippen molar-refractivity contribution >= 4 is 5.91 Å². The molecule has 0 aromatic carbocycles. The third kappa shape index (κ3) is 2.02. The van der Waals surface area contributed by atoms with Gasteiger partial charge in [-0.2, -0.15) is 0 Å². The number of carbonyl (C=O) groups excluding carboxylic acids is 1. The van der Waals surface area contributed by atoms with Crippen LogP contribution in [0.4, 0.5) is 0 Å². The van der Waals surface area contributed by atoms with Crippen molar-refractivity contribution in [1.82, 2.24) is 4.90 Å². The van der Waals surface area contributed by atoms with Crippen LogP contribution in [-0.2, 0) is 4.79 Å². The van der Waals surface area contributed by atoms with Gasteiger partial charge in [-0.3, -0.25) is 4.79 Å². The van der Waals surface area contributed by atoms with Crippen LogP contribution < -0.4 is 0 Å². The van der Waals surface area contributed by atoms with Crippen LogP contribution in [0.25, 0.3) is 0 Å². The van der Waals surface area contributed by atoms with Gasteiger partial charge in [0.2, 0.25) is 5.91 Å². The second-order valence-electron chi connectivity index (χ2n) is 5.72. The van der Waals surface area contributed by atoms with Gasteiger partial charge in [-0.15, -0.1) is 0 Å². The summed E-state index contributed by atoms with van der Waals surface area (Å²) in [6, 6.07) is 0. The highest BCUT2D eigenvalue weighted by Gasteiger charge is 2.41. The maximum atomic E-state index is 11.7. The summed E-state index contributed by atoms with van der Waals surface area (Å²) < 4.78 is 0. The van der Waals surface area contributed by atoms with Crippen LogP contribution in [0.15, 0.2) is 12.7 Å². The van der Waals surface area contributed by atoms with Gasteiger partial charge in [0.1, 0.15) is 0 Å². The van der Waals surface area contributed by atoms with Gasteiger partial charge in [0, 0.05) is 13.1 Å². The lowest BCUT2D eigenvalue weighted by Gasteiger charge is -2.49. The zero-order valence-corrected chi connectivity index (χ0v) is 10.5. The third-order valence-corrected chi connectivity index (χ3v) is 4.40. The van der Waals surface area contributed by atoms with E-state index in [9.17, 15) is 4.79 Å². The molecule has 2 nitrogen and oxygen atoms in total. The molecule has 0 N–H and O–H groups in total. The largest absolute Gasteiger partial charge is 0.339 e. The zero-order valence-electron chi connectivity index (χ0n) is 10.5. The first kappa shape index (κ1) is 11.7. The molecule has 2 aliphatic rings. The second kappa shape index (κ2) is 4.60. The lowest BCUT2D eigenvalue weighted by Crippen LogP contribution is -2.51. The number of hydrogen-bond acceptors (Lipinski definition) is 1. The minimum absolute atomic E-state index is 0.124. The third-order valence-electron chi connectivity index (χ3n) is 4.40. The number of amides is 1. The zero-order chi connectivity index (χ0) is 11.7. The van der Waals surface area contributed by atoms with Crippen molar-refractivity contribution in [1.29, 1.82) is 0 Å². The summed E-state index contributed by atoms with van der Waals surface area (Å²) in [4.78, 5) is 13.7. The SMILES string of the molecule is C=CC(=O)N1CC2CCCC(C1)C2C(C)C. The number of likely N-dealkylation sites (tertiary alicyclic amines) is 1. The van der Waals surface area contributed by atoms with E-state index >= 15 is 0 Å². The van der Waals surface area contributed by atoms with Gasteiger partial charge >= 0.3 is 0 Å². The van der Waals surface area contributed by atoms with Crippen molar-refractivity contribution in [2.75, 3.05) is 13.1 Å². The van der Waals surface area contributed by atoms with Gasteiger partial charge < -0.3 is 4.90 Å². The summed E-state index contributed by atoms with van der Waals surface area (Å²) in [5.41, 5.74) is 0. The molecule has 1 aliphatic heterocycles. The fourth-order valence-corrected chi connectivity index (χ4v) is 3.88. The minimum Gasteiger partial charge on any atom is -0.339 e. The van der Waals surface area contributed by atoms with Crippen molar-refractivity contribution in [3.63, 3.8) is 0 Å². The minimum atomic E-state index is 0.124. The van der Waals surface area contributed by atoms with E-state index in [1.54, 1.807) is 0 Å². The molecule has 2 heteroatoms. The molecule has 90 valence electrons. The first-order chi connectivity index (χ1) is 7.63. The van der Waals surface area contributed by atoms with E-state index in [4.69, 9.17) is 0 Å². The highest BCUT2D eigenvalue weighted by atomic mass is 16.2. The molecule has 2 fully saturated rings. The van der Waals surface area contributed by atoms with E-state index in [1.165, 1.54) is 25.3 Å². The van der Waals surface area contributed by atoms with Crippen molar-refractivity contribution in [2.45, 2.75) is 33.1 Å². The monoisotopic (exact) mass is 221 g/mol. The molecule has 16 heavy (non-hydrogen) atoms. The summed E-state index contributed by atoms with van der Waals surface area (Å²) in [5.74, 6) is 3.19. The van der Waals surface area contributed by atoms with Crippen molar-refractivity contribution < 1.29 is 4.79 Å². The van der Waals surface area contributed by atoms with Crippen molar-refractivity contribution in [3.8, 4) is 0 Å². The molecule has 2 bridgehead atoms. The Kier molecular flexibility index (Phi) is 3.36. The molecule has 1 saturated carbocycles. The van der Waals surface area contributed by atoms with Crippen molar-refractivity contribution in [2.24, 2.45) is 23.7 Å². The maximum absolute atomic E-state index is 11.7. The number of piperidine rings is 1. The van der Waals surface area contributed by atoms with E-state index in [0.717, 1.165) is 36.8 Å². The summed E-state index contributed by atoms with van der Waals surface area (Å²) in [6.45, 7) is 10.2. The standard InChI is InChI=1S/C14H23NO/c1-4-13(16)15-8-11-6-5-7-12(9-15)14(11)10(2)3/h4,10-12,14H,1,5-9H2,2-3H3. The van der Waals surface area contributed by atoms with E-state index in [0.29, 0.717) is 0 Å². The van der Waals surface area contributed by atoms with Crippen LogP contribution in [0.5, 0.6) is 0 Å². The number of carbonyl (C=O) groups is 1. The molecule has 0 aromatic heterocycles. The Balaban J connectivity index is 2.11. The first-order valence-corrected chi connectivity index (χ1v) is 6.54. The molecular weight excluding hydrogens is 198 g/mol. The van der Waals surface area contributed by atoms with E-state index < -0.39 is 0 Å². The Bertz CT molecular complexity index is 270. The molecule has 0 spiro atoms.